The topological polar surface area (TPSA) is 134 Å². The van der Waals surface area contributed by atoms with Gasteiger partial charge in [-0.3, -0.25) is 14.9 Å². The summed E-state index contributed by atoms with van der Waals surface area (Å²) in [5.74, 6) is 1.87. The lowest BCUT2D eigenvalue weighted by atomic mass is 9.71. The van der Waals surface area contributed by atoms with E-state index in [4.69, 9.17) is 4.74 Å². The predicted octanol–water partition coefficient (Wildman–Crippen LogP) is 4.53. The van der Waals surface area contributed by atoms with Crippen LogP contribution in [0.3, 0.4) is 0 Å². The van der Waals surface area contributed by atoms with Crippen molar-refractivity contribution in [2.75, 3.05) is 27.2 Å². The number of aromatic hydroxyl groups is 1. The van der Waals surface area contributed by atoms with Gasteiger partial charge in [-0.25, -0.2) is 0 Å². The first kappa shape index (κ1) is 30.4. The minimum Gasteiger partial charge on any atom is -0.504 e. The van der Waals surface area contributed by atoms with Crippen molar-refractivity contribution in [3.8, 4) is 11.5 Å². The SMILES string of the molecule is CNC(=O)Cc1ccc([N+](=O)[O-])cc1.COc1cc(CCC2(O)CCCCC2CCNCC2CC2)ccc1O. The minimum atomic E-state index is -0.551. The molecule has 2 aromatic carbocycles. The number of nitro benzene ring substituents is 1. The number of hydrogen-bond donors (Lipinski definition) is 4. The number of non-ortho nitro benzene ring substituents is 1. The molecule has 2 unspecified atom stereocenters. The van der Waals surface area contributed by atoms with E-state index in [2.05, 4.69) is 10.6 Å². The van der Waals surface area contributed by atoms with Gasteiger partial charge in [0.25, 0.3) is 5.69 Å². The van der Waals surface area contributed by atoms with E-state index >= 15 is 0 Å². The van der Waals surface area contributed by atoms with Gasteiger partial charge in [-0.05, 0) is 93.1 Å². The summed E-state index contributed by atoms with van der Waals surface area (Å²) in [5, 5.41) is 37.4. The number of aryl methyl sites for hydroxylation is 1. The van der Waals surface area contributed by atoms with Gasteiger partial charge in [0.2, 0.25) is 5.91 Å². The largest absolute Gasteiger partial charge is 0.504 e. The third-order valence-corrected chi connectivity index (χ3v) is 7.85. The van der Waals surface area contributed by atoms with Crippen molar-refractivity contribution in [3.63, 3.8) is 0 Å². The lowest BCUT2D eigenvalue weighted by molar-refractivity contribution is -0.384. The highest BCUT2D eigenvalue weighted by molar-refractivity contribution is 5.78. The molecule has 39 heavy (non-hydrogen) atoms. The van der Waals surface area contributed by atoms with Gasteiger partial charge >= 0.3 is 0 Å². The van der Waals surface area contributed by atoms with E-state index in [1.807, 2.05) is 12.1 Å². The number of amides is 1. The van der Waals surface area contributed by atoms with Crippen LogP contribution in [0.2, 0.25) is 0 Å². The molecule has 2 aliphatic carbocycles. The Morgan fingerprint density at radius 3 is 2.49 bits per heavy atom. The Hall–Kier alpha value is -3.17. The number of nitro groups is 1. The molecule has 0 aliphatic heterocycles. The highest BCUT2D eigenvalue weighted by Crippen LogP contribution is 2.39. The van der Waals surface area contributed by atoms with Crippen molar-refractivity contribution in [2.24, 2.45) is 11.8 Å². The van der Waals surface area contributed by atoms with Crippen molar-refractivity contribution in [3.05, 3.63) is 63.7 Å². The quantitative estimate of drug-likeness (QED) is 0.176. The van der Waals surface area contributed by atoms with Gasteiger partial charge < -0.3 is 25.6 Å². The number of carbonyl (C=O) groups excluding carboxylic acids is 1. The average molecular weight is 542 g/mol. The molecule has 4 rings (SSSR count). The normalized spacial score (nSPS) is 20.4. The number of hydrogen-bond acceptors (Lipinski definition) is 7. The highest BCUT2D eigenvalue weighted by atomic mass is 16.6. The van der Waals surface area contributed by atoms with Gasteiger partial charge in [0.1, 0.15) is 0 Å². The highest BCUT2D eigenvalue weighted by Gasteiger charge is 2.38. The molecular weight excluding hydrogens is 498 g/mol. The van der Waals surface area contributed by atoms with Crippen LogP contribution in [0.1, 0.15) is 62.5 Å². The molecule has 0 spiro atoms. The molecule has 0 aromatic heterocycles. The number of nitrogens with zero attached hydrogens (tertiary/aromatic N) is 1. The Bertz CT molecular complexity index is 1070. The molecule has 0 heterocycles. The summed E-state index contributed by atoms with van der Waals surface area (Å²) in [5.41, 5.74) is 1.35. The number of benzene rings is 2. The van der Waals surface area contributed by atoms with Crippen LogP contribution in [0, 0.1) is 22.0 Å². The molecule has 2 atom stereocenters. The number of aliphatic hydroxyl groups is 1. The van der Waals surface area contributed by atoms with Crippen LogP contribution in [-0.2, 0) is 17.6 Å². The van der Waals surface area contributed by atoms with E-state index in [1.54, 1.807) is 32.4 Å². The molecule has 0 radical (unpaired) electrons. The molecule has 2 saturated carbocycles. The summed E-state index contributed by atoms with van der Waals surface area (Å²) in [7, 11) is 3.12. The summed E-state index contributed by atoms with van der Waals surface area (Å²) >= 11 is 0. The zero-order chi connectivity index (χ0) is 28.3. The molecule has 9 heteroatoms. The average Bonchev–Trinajstić information content (AvgIpc) is 3.77. The molecule has 1 amide bonds. The van der Waals surface area contributed by atoms with Gasteiger partial charge in [0.15, 0.2) is 11.5 Å². The van der Waals surface area contributed by atoms with Crippen molar-refractivity contribution in [2.45, 2.75) is 69.8 Å². The smallest absolute Gasteiger partial charge is 0.269 e. The third kappa shape index (κ3) is 9.82. The lowest BCUT2D eigenvalue weighted by Crippen LogP contribution is -2.42. The Labute approximate surface area is 231 Å². The van der Waals surface area contributed by atoms with Gasteiger partial charge in [0.05, 0.1) is 24.1 Å². The number of likely N-dealkylation sites (N-methyl/N-ethyl adjacent to an activating group) is 1. The first-order valence-corrected chi connectivity index (χ1v) is 14.0. The van der Waals surface area contributed by atoms with Crippen LogP contribution in [0.25, 0.3) is 0 Å². The maximum absolute atomic E-state index is 11.3. The fourth-order valence-electron chi connectivity index (χ4n) is 5.19. The van der Waals surface area contributed by atoms with E-state index in [0.717, 1.165) is 68.7 Å². The van der Waals surface area contributed by atoms with E-state index in [9.17, 15) is 25.1 Å². The van der Waals surface area contributed by atoms with Crippen LogP contribution in [0.4, 0.5) is 5.69 Å². The zero-order valence-corrected chi connectivity index (χ0v) is 23.2. The number of methoxy groups -OCH3 is 1. The molecule has 2 aliphatic rings. The molecule has 0 saturated heterocycles. The van der Waals surface area contributed by atoms with E-state index in [-0.39, 0.29) is 23.8 Å². The lowest BCUT2D eigenvalue weighted by Gasteiger charge is -2.40. The van der Waals surface area contributed by atoms with Gasteiger partial charge in [-0.15, -0.1) is 0 Å². The Morgan fingerprint density at radius 1 is 1.13 bits per heavy atom. The maximum Gasteiger partial charge on any atom is 0.269 e. The van der Waals surface area contributed by atoms with Crippen LogP contribution in [-0.4, -0.2) is 53.9 Å². The van der Waals surface area contributed by atoms with E-state index < -0.39 is 10.5 Å². The summed E-state index contributed by atoms with van der Waals surface area (Å²) in [6, 6.07) is 11.4. The molecule has 4 N–H and O–H groups in total. The Morgan fingerprint density at radius 2 is 1.85 bits per heavy atom. The number of carbonyl (C=O) groups is 1. The van der Waals surface area contributed by atoms with Crippen LogP contribution in [0.15, 0.2) is 42.5 Å². The number of rotatable bonds is 12. The van der Waals surface area contributed by atoms with Gasteiger partial charge in [-0.2, -0.15) is 0 Å². The van der Waals surface area contributed by atoms with Crippen molar-refractivity contribution >= 4 is 11.6 Å². The summed E-state index contributed by atoms with van der Waals surface area (Å²) in [6.45, 7) is 2.18. The van der Waals surface area contributed by atoms with Gasteiger partial charge in [0, 0.05) is 19.2 Å². The van der Waals surface area contributed by atoms with Crippen molar-refractivity contribution < 1.29 is 24.7 Å². The van der Waals surface area contributed by atoms with Crippen LogP contribution in [0.5, 0.6) is 11.5 Å². The minimum absolute atomic E-state index is 0.0330. The third-order valence-electron chi connectivity index (χ3n) is 7.85. The van der Waals surface area contributed by atoms with Crippen LogP contribution < -0.4 is 15.4 Å². The molecule has 2 aromatic rings. The standard InChI is InChI=1S/C21H33NO3.C9H10N2O3/c1-25-20-14-16(7-8-19(20)23)9-12-21(24)11-3-2-4-18(21)10-13-22-15-17-5-6-17;1-10-9(12)6-7-2-4-8(5-3-7)11(13)14/h7-8,14,17-18,22-24H,2-6,9-13,15H2,1H3;2-5H,6H2,1H3,(H,10,12). The Balaban J connectivity index is 0.000000255. The van der Waals surface area contributed by atoms with E-state index in [0.29, 0.717) is 11.7 Å². The molecule has 214 valence electrons. The molecular formula is C30H43N3O6. The molecule has 9 nitrogen and oxygen atoms in total. The Kier molecular flexibility index (Phi) is 11.6. The van der Waals surface area contributed by atoms with Crippen LogP contribution >= 0.6 is 0 Å². The first-order chi connectivity index (χ1) is 18.7. The van der Waals surface area contributed by atoms with Crippen molar-refractivity contribution in [1.82, 2.24) is 10.6 Å². The summed E-state index contributed by atoms with van der Waals surface area (Å²) in [6.07, 6.45) is 10.1. The second-order valence-electron chi connectivity index (χ2n) is 10.8. The van der Waals surface area contributed by atoms with E-state index in [1.165, 1.54) is 31.4 Å². The second kappa shape index (κ2) is 14.8. The summed E-state index contributed by atoms with van der Waals surface area (Å²) < 4.78 is 5.19. The van der Waals surface area contributed by atoms with Crippen molar-refractivity contribution in [1.29, 1.82) is 0 Å². The summed E-state index contributed by atoms with van der Waals surface area (Å²) in [4.78, 5) is 20.8. The monoisotopic (exact) mass is 541 g/mol. The fourth-order valence-corrected chi connectivity index (χ4v) is 5.19. The maximum atomic E-state index is 11.3. The number of ether oxygens (including phenoxy) is 1. The number of phenols is 1. The van der Waals surface area contributed by atoms with Gasteiger partial charge in [-0.1, -0.05) is 31.0 Å². The predicted molar refractivity (Wildman–Crippen MR) is 151 cm³/mol. The molecule has 2 fully saturated rings. The first-order valence-electron chi connectivity index (χ1n) is 14.0. The zero-order valence-electron chi connectivity index (χ0n) is 23.2. The number of nitrogens with one attached hydrogen (secondary N) is 2. The fraction of sp³-hybridized carbons (Fsp3) is 0.567. The number of phenolic OH excluding ortho intramolecular Hbond substituents is 1. The molecule has 0 bridgehead atoms. The second-order valence-corrected chi connectivity index (χ2v) is 10.8.